The lowest BCUT2D eigenvalue weighted by Crippen LogP contribution is -2.18. The van der Waals surface area contributed by atoms with Gasteiger partial charge in [0.05, 0.1) is 42.3 Å². The van der Waals surface area contributed by atoms with E-state index in [1.807, 2.05) is 0 Å². The van der Waals surface area contributed by atoms with Gasteiger partial charge in [0.2, 0.25) is 21.9 Å². The van der Waals surface area contributed by atoms with Crippen LogP contribution in [0.3, 0.4) is 0 Å². The second-order valence-corrected chi connectivity index (χ2v) is 9.86. The van der Waals surface area contributed by atoms with Crippen molar-refractivity contribution in [1.29, 1.82) is 0 Å². The number of anilines is 6. The maximum absolute atomic E-state index is 12.0. The monoisotopic (exact) mass is 547 g/mol. The molecule has 0 unspecified atom stereocenters. The Kier molecular flexibility index (Phi) is 8.76. The van der Waals surface area contributed by atoms with Crippen molar-refractivity contribution < 1.29 is 22.8 Å². The van der Waals surface area contributed by atoms with Crippen LogP contribution in [0.4, 0.5) is 34.5 Å². The van der Waals surface area contributed by atoms with Crippen LogP contribution in [0.25, 0.3) is 0 Å². The molecule has 1 amide bonds. The van der Waals surface area contributed by atoms with Crippen LogP contribution in [0.5, 0.6) is 11.5 Å². The van der Waals surface area contributed by atoms with Gasteiger partial charge in [-0.2, -0.15) is 10.0 Å². The van der Waals surface area contributed by atoms with E-state index in [-0.39, 0.29) is 16.8 Å². The van der Waals surface area contributed by atoms with E-state index in [0.29, 0.717) is 34.2 Å². The molecule has 14 heteroatoms. The fraction of sp³-hybridized carbons (Fsp3) is 0.174. The van der Waals surface area contributed by atoms with Crippen LogP contribution >= 0.6 is 11.6 Å². The molecular weight excluding hydrogens is 522 g/mol. The van der Waals surface area contributed by atoms with Crippen molar-refractivity contribution in [3.05, 3.63) is 60.3 Å². The summed E-state index contributed by atoms with van der Waals surface area (Å²) in [5.74, 6) is 0.631. The zero-order valence-corrected chi connectivity index (χ0v) is 22.1. The highest BCUT2D eigenvalue weighted by Crippen LogP contribution is 2.38. The number of amides is 1. The summed E-state index contributed by atoms with van der Waals surface area (Å²) in [5, 5.41) is 10.4. The number of rotatable bonds is 11. The lowest BCUT2D eigenvalue weighted by Gasteiger charge is -2.19. The van der Waals surface area contributed by atoms with Crippen LogP contribution in [-0.4, -0.2) is 56.8 Å². The summed E-state index contributed by atoms with van der Waals surface area (Å²) in [7, 11) is 1.34. The summed E-state index contributed by atoms with van der Waals surface area (Å²) in [6.45, 7) is 3.47. The average Bonchev–Trinajstić information content (AvgIpc) is 2.82. The number of benzene rings is 2. The Morgan fingerprint density at radius 3 is 2.41 bits per heavy atom. The fourth-order valence-corrected chi connectivity index (χ4v) is 3.74. The van der Waals surface area contributed by atoms with Gasteiger partial charge < -0.3 is 25.5 Å². The summed E-state index contributed by atoms with van der Waals surface area (Å²) in [4.78, 5) is 26.2. The van der Waals surface area contributed by atoms with Crippen molar-refractivity contribution in [2.75, 3.05) is 48.1 Å². The van der Waals surface area contributed by atoms with Crippen molar-refractivity contribution in [3.63, 3.8) is 0 Å². The van der Waals surface area contributed by atoms with Gasteiger partial charge >= 0.3 is 0 Å². The number of carbonyl (C=O) groups is 1. The first-order chi connectivity index (χ1) is 17.5. The van der Waals surface area contributed by atoms with Crippen LogP contribution in [0.1, 0.15) is 0 Å². The molecular formula is C23H26ClN7O5S. The van der Waals surface area contributed by atoms with E-state index in [9.17, 15) is 13.2 Å². The molecule has 2 aromatic carbocycles. The first-order valence-corrected chi connectivity index (χ1v) is 12.9. The molecule has 1 heterocycles. The number of sulfonamides is 1. The molecule has 0 aliphatic carbocycles. The molecule has 0 aliphatic rings. The minimum Gasteiger partial charge on any atom is -0.494 e. The molecule has 0 radical (unpaired) electrons. The molecule has 12 nitrogen and oxygen atoms in total. The number of methoxy groups -OCH3 is 1. The molecule has 196 valence electrons. The van der Waals surface area contributed by atoms with Gasteiger partial charge in [0.25, 0.3) is 0 Å². The molecule has 0 atom stereocenters. The van der Waals surface area contributed by atoms with E-state index in [0.717, 1.165) is 12.3 Å². The van der Waals surface area contributed by atoms with E-state index < -0.39 is 15.9 Å². The first kappa shape index (κ1) is 27.5. The van der Waals surface area contributed by atoms with Gasteiger partial charge in [-0.05, 0) is 24.3 Å². The third-order valence-corrected chi connectivity index (χ3v) is 5.36. The standard InChI is InChI=1S/C23H26ClN7O5S/c1-6-21(32)26-18-11-17(19(35-4)12-20(18)36-31(2)3)28-23-25-13-14(24)22(29-23)27-15-9-7-8-10-16(15)30-37(5,33)34/h6-13,30H,1H2,2-5H3,(H,26,32)(H2,25,27,28,29). The van der Waals surface area contributed by atoms with Gasteiger partial charge in [-0.15, -0.1) is 0 Å². The van der Waals surface area contributed by atoms with Gasteiger partial charge in [0.1, 0.15) is 10.8 Å². The summed E-state index contributed by atoms with van der Waals surface area (Å²) in [6.07, 6.45) is 3.56. The largest absolute Gasteiger partial charge is 0.494 e. The number of nitrogens with one attached hydrogen (secondary N) is 4. The Morgan fingerprint density at radius 1 is 1.08 bits per heavy atom. The SMILES string of the molecule is C=CC(=O)Nc1cc(Nc2ncc(Cl)c(Nc3ccccc3NS(C)(=O)=O)n2)c(OC)cc1ON(C)C. The molecule has 0 saturated carbocycles. The number of hydrogen-bond donors (Lipinski definition) is 4. The smallest absolute Gasteiger partial charge is 0.247 e. The van der Waals surface area contributed by atoms with Gasteiger partial charge in [-0.1, -0.05) is 30.3 Å². The second kappa shape index (κ2) is 11.8. The van der Waals surface area contributed by atoms with Crippen molar-refractivity contribution in [2.24, 2.45) is 0 Å². The van der Waals surface area contributed by atoms with Crippen molar-refractivity contribution >= 4 is 62.0 Å². The zero-order valence-electron chi connectivity index (χ0n) is 20.5. The Morgan fingerprint density at radius 2 is 1.78 bits per heavy atom. The summed E-state index contributed by atoms with van der Waals surface area (Å²) in [6, 6.07) is 9.86. The van der Waals surface area contributed by atoms with Crippen LogP contribution < -0.4 is 30.2 Å². The maximum atomic E-state index is 12.0. The number of nitrogens with zero attached hydrogens (tertiary/aromatic N) is 3. The molecule has 3 rings (SSSR count). The number of carbonyl (C=O) groups excluding carboxylic acids is 1. The lowest BCUT2D eigenvalue weighted by molar-refractivity contribution is -0.111. The average molecular weight is 548 g/mol. The van der Waals surface area contributed by atoms with E-state index in [4.69, 9.17) is 21.2 Å². The molecule has 37 heavy (non-hydrogen) atoms. The molecule has 4 N–H and O–H groups in total. The predicted octanol–water partition coefficient (Wildman–Crippen LogP) is 3.98. The Bertz CT molecular complexity index is 1420. The second-order valence-electron chi connectivity index (χ2n) is 7.71. The van der Waals surface area contributed by atoms with E-state index in [2.05, 4.69) is 37.2 Å². The van der Waals surface area contributed by atoms with Crippen LogP contribution in [0.15, 0.2) is 55.3 Å². The van der Waals surface area contributed by atoms with Crippen LogP contribution in [0.2, 0.25) is 5.02 Å². The van der Waals surface area contributed by atoms with Gasteiger partial charge in [-0.25, -0.2) is 13.4 Å². The van der Waals surface area contributed by atoms with E-state index in [1.165, 1.54) is 18.4 Å². The van der Waals surface area contributed by atoms with E-state index in [1.54, 1.807) is 50.5 Å². The quantitative estimate of drug-likeness (QED) is 0.205. The normalized spacial score (nSPS) is 11.0. The fourth-order valence-electron chi connectivity index (χ4n) is 3.03. The third kappa shape index (κ3) is 7.70. The van der Waals surface area contributed by atoms with Crippen molar-refractivity contribution in [3.8, 4) is 11.5 Å². The minimum absolute atomic E-state index is 0.140. The summed E-state index contributed by atoms with van der Waals surface area (Å²) in [5.41, 5.74) is 1.50. The summed E-state index contributed by atoms with van der Waals surface area (Å²) < 4.78 is 31.4. The molecule has 0 aliphatic heterocycles. The number of ether oxygens (including phenoxy) is 1. The van der Waals surface area contributed by atoms with Crippen LogP contribution in [-0.2, 0) is 14.8 Å². The van der Waals surface area contributed by atoms with Crippen molar-refractivity contribution in [2.45, 2.75) is 0 Å². The Hall–Kier alpha value is -4.07. The first-order valence-electron chi connectivity index (χ1n) is 10.6. The molecule has 0 fully saturated rings. The van der Waals surface area contributed by atoms with Crippen molar-refractivity contribution in [1.82, 2.24) is 15.0 Å². The molecule has 0 bridgehead atoms. The number of para-hydroxylation sites is 2. The maximum Gasteiger partial charge on any atom is 0.247 e. The number of aromatic nitrogens is 2. The topological polar surface area (TPSA) is 147 Å². The van der Waals surface area contributed by atoms with E-state index >= 15 is 0 Å². The van der Waals surface area contributed by atoms with Crippen LogP contribution in [0, 0.1) is 0 Å². The Labute approximate surface area is 219 Å². The highest BCUT2D eigenvalue weighted by atomic mass is 35.5. The molecule has 3 aromatic rings. The summed E-state index contributed by atoms with van der Waals surface area (Å²) >= 11 is 6.30. The number of hydroxylamine groups is 2. The van der Waals surface area contributed by atoms with Gasteiger partial charge in [-0.3, -0.25) is 9.52 Å². The Balaban J connectivity index is 1.96. The third-order valence-electron chi connectivity index (χ3n) is 4.49. The minimum atomic E-state index is -3.52. The number of hydrogen-bond acceptors (Lipinski definition) is 10. The lowest BCUT2D eigenvalue weighted by atomic mass is 10.2. The highest BCUT2D eigenvalue weighted by molar-refractivity contribution is 7.92. The van der Waals surface area contributed by atoms with Gasteiger partial charge in [0, 0.05) is 20.2 Å². The van der Waals surface area contributed by atoms with Gasteiger partial charge in [0.15, 0.2) is 11.6 Å². The molecule has 0 saturated heterocycles. The highest BCUT2D eigenvalue weighted by Gasteiger charge is 2.17. The predicted molar refractivity (Wildman–Crippen MR) is 145 cm³/mol. The zero-order chi connectivity index (χ0) is 27.2. The molecule has 1 aromatic heterocycles. The molecule has 0 spiro atoms. The number of halogens is 1.